The summed E-state index contributed by atoms with van der Waals surface area (Å²) in [6.45, 7) is 6.19. The number of hydrogen-bond donors (Lipinski definition) is 1. The lowest BCUT2D eigenvalue weighted by Gasteiger charge is -2.20. The quantitative estimate of drug-likeness (QED) is 0.880. The van der Waals surface area contributed by atoms with Crippen LogP contribution in [0.15, 0.2) is 29.6 Å². The Bertz CT molecular complexity index is 536. The summed E-state index contributed by atoms with van der Waals surface area (Å²) < 4.78 is 12.9. The van der Waals surface area contributed by atoms with Crippen LogP contribution in [0.2, 0.25) is 0 Å². The van der Waals surface area contributed by atoms with Crippen molar-refractivity contribution >= 4 is 16.5 Å². The predicted octanol–water partition coefficient (Wildman–Crippen LogP) is 3.70. The summed E-state index contributed by atoms with van der Waals surface area (Å²) in [6.07, 6.45) is 0. The molecule has 0 saturated carbocycles. The van der Waals surface area contributed by atoms with Crippen molar-refractivity contribution in [1.82, 2.24) is 9.88 Å². The lowest BCUT2D eigenvalue weighted by atomic mass is 10.2. The Morgan fingerprint density at radius 3 is 2.65 bits per heavy atom. The van der Waals surface area contributed by atoms with Crippen LogP contribution in [0.3, 0.4) is 0 Å². The lowest BCUT2D eigenvalue weighted by Crippen LogP contribution is -2.31. The topological polar surface area (TPSA) is 28.2 Å². The summed E-state index contributed by atoms with van der Waals surface area (Å²) in [7, 11) is 2.11. The predicted molar refractivity (Wildman–Crippen MR) is 83.8 cm³/mol. The number of nitrogens with zero attached hydrogens (tertiary/aromatic N) is 2. The van der Waals surface area contributed by atoms with E-state index in [-0.39, 0.29) is 5.82 Å². The van der Waals surface area contributed by atoms with E-state index in [4.69, 9.17) is 0 Å². The molecule has 0 aliphatic heterocycles. The highest BCUT2D eigenvalue weighted by atomic mass is 32.1. The Morgan fingerprint density at radius 2 is 2.00 bits per heavy atom. The SMILES string of the molecule is CC(C)N(C)CCNc1nc(-c2ccc(F)cc2)cs1. The second-order valence-electron chi connectivity index (χ2n) is 5.05. The van der Waals surface area contributed by atoms with Gasteiger partial charge in [-0.05, 0) is 45.2 Å². The number of rotatable bonds is 6. The van der Waals surface area contributed by atoms with Gasteiger partial charge in [-0.1, -0.05) is 0 Å². The zero-order valence-electron chi connectivity index (χ0n) is 12.1. The third-order valence-corrected chi connectivity index (χ3v) is 4.07. The van der Waals surface area contributed by atoms with Gasteiger partial charge in [-0.15, -0.1) is 11.3 Å². The van der Waals surface area contributed by atoms with E-state index in [0.29, 0.717) is 6.04 Å². The normalized spacial score (nSPS) is 11.3. The minimum absolute atomic E-state index is 0.223. The summed E-state index contributed by atoms with van der Waals surface area (Å²) in [5, 5.41) is 6.22. The average Bonchev–Trinajstić information content (AvgIpc) is 2.88. The molecule has 0 spiro atoms. The first kappa shape index (κ1) is 14.9. The van der Waals surface area contributed by atoms with Crippen LogP contribution >= 0.6 is 11.3 Å². The molecule has 108 valence electrons. The average molecular weight is 293 g/mol. The van der Waals surface area contributed by atoms with Gasteiger partial charge in [0.25, 0.3) is 0 Å². The summed E-state index contributed by atoms with van der Waals surface area (Å²) in [6, 6.07) is 6.96. The highest BCUT2D eigenvalue weighted by Crippen LogP contribution is 2.24. The highest BCUT2D eigenvalue weighted by Gasteiger charge is 2.06. The van der Waals surface area contributed by atoms with Crippen LogP contribution in [-0.2, 0) is 0 Å². The Balaban J connectivity index is 1.91. The van der Waals surface area contributed by atoms with Crippen molar-refractivity contribution in [2.75, 3.05) is 25.5 Å². The number of hydrogen-bond acceptors (Lipinski definition) is 4. The van der Waals surface area contributed by atoms with Crippen LogP contribution in [0.1, 0.15) is 13.8 Å². The standard InChI is InChI=1S/C15H20FN3S/c1-11(2)19(3)9-8-17-15-18-14(10-20-15)12-4-6-13(16)7-5-12/h4-7,10-11H,8-9H2,1-3H3,(H,17,18). The molecular weight excluding hydrogens is 273 g/mol. The first-order valence-electron chi connectivity index (χ1n) is 6.72. The molecule has 1 heterocycles. The lowest BCUT2D eigenvalue weighted by molar-refractivity contribution is 0.284. The number of aromatic nitrogens is 1. The fraction of sp³-hybridized carbons (Fsp3) is 0.400. The minimum atomic E-state index is -0.223. The molecule has 0 aliphatic carbocycles. The number of nitrogens with one attached hydrogen (secondary N) is 1. The molecule has 1 N–H and O–H groups in total. The van der Waals surface area contributed by atoms with Crippen LogP contribution in [0.25, 0.3) is 11.3 Å². The summed E-state index contributed by atoms with van der Waals surface area (Å²) in [4.78, 5) is 6.80. The second-order valence-corrected chi connectivity index (χ2v) is 5.90. The summed E-state index contributed by atoms with van der Waals surface area (Å²) in [5.74, 6) is -0.223. The van der Waals surface area contributed by atoms with E-state index in [1.807, 2.05) is 5.38 Å². The Labute approximate surface area is 123 Å². The van der Waals surface area contributed by atoms with Gasteiger partial charge < -0.3 is 10.2 Å². The molecule has 1 aromatic heterocycles. The number of thiazole rings is 1. The van der Waals surface area contributed by atoms with E-state index >= 15 is 0 Å². The third-order valence-electron chi connectivity index (χ3n) is 3.27. The van der Waals surface area contributed by atoms with Crippen LogP contribution in [0.5, 0.6) is 0 Å². The number of likely N-dealkylation sites (N-methyl/N-ethyl adjacent to an activating group) is 1. The van der Waals surface area contributed by atoms with Crippen LogP contribution in [0.4, 0.5) is 9.52 Å². The van der Waals surface area contributed by atoms with E-state index in [9.17, 15) is 4.39 Å². The van der Waals surface area contributed by atoms with Crippen molar-refractivity contribution in [2.24, 2.45) is 0 Å². The largest absolute Gasteiger partial charge is 0.360 e. The van der Waals surface area contributed by atoms with Gasteiger partial charge in [0.05, 0.1) is 5.69 Å². The van der Waals surface area contributed by atoms with Crippen molar-refractivity contribution in [2.45, 2.75) is 19.9 Å². The number of anilines is 1. The molecule has 0 aliphatic rings. The van der Waals surface area contributed by atoms with Crippen LogP contribution in [0, 0.1) is 5.82 Å². The van der Waals surface area contributed by atoms with Gasteiger partial charge in [0, 0.05) is 30.1 Å². The summed E-state index contributed by atoms with van der Waals surface area (Å²) >= 11 is 1.57. The van der Waals surface area contributed by atoms with Gasteiger partial charge in [0.1, 0.15) is 5.82 Å². The van der Waals surface area contributed by atoms with Gasteiger partial charge in [-0.2, -0.15) is 0 Å². The maximum absolute atomic E-state index is 12.9. The van der Waals surface area contributed by atoms with Crippen molar-refractivity contribution in [3.05, 3.63) is 35.5 Å². The molecule has 0 radical (unpaired) electrons. The fourth-order valence-electron chi connectivity index (χ4n) is 1.71. The first-order valence-corrected chi connectivity index (χ1v) is 7.60. The highest BCUT2D eigenvalue weighted by molar-refractivity contribution is 7.14. The van der Waals surface area contributed by atoms with Crippen molar-refractivity contribution < 1.29 is 4.39 Å². The fourth-order valence-corrected chi connectivity index (χ4v) is 2.45. The maximum Gasteiger partial charge on any atom is 0.183 e. The first-order chi connectivity index (χ1) is 9.56. The van der Waals surface area contributed by atoms with Gasteiger partial charge in [0.15, 0.2) is 5.13 Å². The molecule has 5 heteroatoms. The van der Waals surface area contributed by atoms with E-state index in [1.54, 1.807) is 23.5 Å². The van der Waals surface area contributed by atoms with E-state index in [2.05, 4.69) is 36.1 Å². The van der Waals surface area contributed by atoms with Crippen LogP contribution in [-0.4, -0.2) is 36.1 Å². The van der Waals surface area contributed by atoms with E-state index in [0.717, 1.165) is 29.5 Å². The maximum atomic E-state index is 12.9. The van der Waals surface area contributed by atoms with Gasteiger partial charge >= 0.3 is 0 Å². The van der Waals surface area contributed by atoms with E-state index in [1.165, 1.54) is 12.1 Å². The second kappa shape index (κ2) is 6.81. The molecule has 3 nitrogen and oxygen atoms in total. The van der Waals surface area contributed by atoms with Crippen molar-refractivity contribution in [3.63, 3.8) is 0 Å². The molecule has 0 saturated heterocycles. The smallest absolute Gasteiger partial charge is 0.183 e. The Kier molecular flexibility index (Phi) is 5.09. The molecule has 20 heavy (non-hydrogen) atoms. The minimum Gasteiger partial charge on any atom is -0.360 e. The Morgan fingerprint density at radius 1 is 1.30 bits per heavy atom. The molecule has 1 aromatic carbocycles. The van der Waals surface area contributed by atoms with Gasteiger partial charge in [-0.25, -0.2) is 9.37 Å². The monoisotopic (exact) mass is 293 g/mol. The zero-order chi connectivity index (χ0) is 14.5. The van der Waals surface area contributed by atoms with E-state index < -0.39 is 0 Å². The third kappa shape index (κ3) is 4.02. The van der Waals surface area contributed by atoms with Gasteiger partial charge in [-0.3, -0.25) is 0 Å². The molecule has 0 unspecified atom stereocenters. The molecule has 0 bridgehead atoms. The molecular formula is C15H20FN3S. The zero-order valence-corrected chi connectivity index (χ0v) is 12.9. The molecule has 2 aromatic rings. The molecule has 0 fully saturated rings. The summed E-state index contributed by atoms with van der Waals surface area (Å²) in [5.41, 5.74) is 1.82. The molecule has 2 rings (SSSR count). The van der Waals surface area contributed by atoms with Gasteiger partial charge in [0.2, 0.25) is 0 Å². The molecule has 0 atom stereocenters. The van der Waals surface area contributed by atoms with Crippen LogP contribution < -0.4 is 5.32 Å². The Hall–Kier alpha value is -1.46. The van der Waals surface area contributed by atoms with Crippen molar-refractivity contribution in [3.8, 4) is 11.3 Å². The molecule has 0 amide bonds. The van der Waals surface area contributed by atoms with Crippen molar-refractivity contribution in [1.29, 1.82) is 0 Å². The number of benzene rings is 1. The number of halogens is 1.